The molecular formula is C21H15Cl2F3N2O. The van der Waals surface area contributed by atoms with Crippen LogP contribution in [0.5, 0.6) is 5.75 Å². The molecule has 0 bridgehead atoms. The van der Waals surface area contributed by atoms with Gasteiger partial charge < -0.3 is 4.74 Å². The van der Waals surface area contributed by atoms with E-state index in [-0.39, 0.29) is 6.61 Å². The fourth-order valence-corrected chi connectivity index (χ4v) is 2.74. The molecule has 0 amide bonds. The zero-order valence-corrected chi connectivity index (χ0v) is 16.4. The number of nitrogens with one attached hydrogen (secondary N) is 1. The molecule has 0 unspecified atom stereocenters. The predicted molar refractivity (Wildman–Crippen MR) is 110 cm³/mol. The number of hydrogen-bond acceptors (Lipinski definition) is 3. The van der Waals surface area contributed by atoms with Crippen LogP contribution in [-0.2, 0) is 12.8 Å². The third-order valence-electron chi connectivity index (χ3n) is 3.91. The van der Waals surface area contributed by atoms with E-state index in [0.29, 0.717) is 27.0 Å². The molecule has 0 spiro atoms. The summed E-state index contributed by atoms with van der Waals surface area (Å²) in [4.78, 5) is 0. The number of anilines is 1. The minimum absolute atomic E-state index is 0.286. The summed E-state index contributed by atoms with van der Waals surface area (Å²) in [5.74, 6) is 0.594. The Morgan fingerprint density at radius 3 is 2.34 bits per heavy atom. The van der Waals surface area contributed by atoms with E-state index in [1.165, 1.54) is 18.3 Å². The molecule has 0 saturated carbocycles. The Bertz CT molecular complexity index is 1010. The standard InChI is InChI=1S/C21H15Cl2F3N2O/c22-18-10-5-14(11-19(18)23)13-29-20-4-2-1-3-15(20)12-27-28-17-8-6-16(7-9-17)21(24,25)26/h1-12,28H,13H2. The largest absolute Gasteiger partial charge is 0.488 e. The van der Waals surface area contributed by atoms with E-state index in [1.54, 1.807) is 18.2 Å². The molecule has 1 N–H and O–H groups in total. The van der Waals surface area contributed by atoms with Gasteiger partial charge in [0.2, 0.25) is 0 Å². The van der Waals surface area contributed by atoms with Gasteiger partial charge in [0.15, 0.2) is 0 Å². The van der Waals surface area contributed by atoms with Gasteiger partial charge in [-0.25, -0.2) is 0 Å². The second-order valence-electron chi connectivity index (χ2n) is 6.02. The number of ether oxygens (including phenoxy) is 1. The predicted octanol–water partition coefficient (Wildman–Crippen LogP) is 7.04. The minimum Gasteiger partial charge on any atom is -0.488 e. The van der Waals surface area contributed by atoms with Crippen molar-refractivity contribution in [2.75, 3.05) is 5.43 Å². The molecule has 3 rings (SSSR count). The molecule has 0 heterocycles. The van der Waals surface area contributed by atoms with Crippen molar-refractivity contribution in [1.29, 1.82) is 0 Å². The Morgan fingerprint density at radius 1 is 0.931 bits per heavy atom. The van der Waals surface area contributed by atoms with E-state index in [9.17, 15) is 13.2 Å². The monoisotopic (exact) mass is 438 g/mol. The van der Waals surface area contributed by atoms with Crippen molar-refractivity contribution in [2.24, 2.45) is 5.10 Å². The Balaban J connectivity index is 1.64. The summed E-state index contributed by atoms with van der Waals surface area (Å²) in [6.07, 6.45) is -2.84. The van der Waals surface area contributed by atoms with Crippen LogP contribution < -0.4 is 10.2 Å². The van der Waals surface area contributed by atoms with Gasteiger partial charge in [-0.15, -0.1) is 0 Å². The maximum Gasteiger partial charge on any atom is 0.416 e. The van der Waals surface area contributed by atoms with Crippen molar-refractivity contribution in [3.8, 4) is 5.75 Å². The first kappa shape index (κ1) is 21.0. The summed E-state index contributed by atoms with van der Waals surface area (Å²) < 4.78 is 43.6. The Kier molecular flexibility index (Phi) is 6.67. The highest BCUT2D eigenvalue weighted by atomic mass is 35.5. The van der Waals surface area contributed by atoms with Crippen LogP contribution in [0.1, 0.15) is 16.7 Å². The lowest BCUT2D eigenvalue weighted by Gasteiger charge is -2.10. The lowest BCUT2D eigenvalue weighted by atomic mass is 10.2. The Labute approximate surface area is 175 Å². The van der Waals surface area contributed by atoms with E-state index in [2.05, 4.69) is 10.5 Å². The number of benzene rings is 3. The molecule has 3 aromatic rings. The normalized spacial score (nSPS) is 11.6. The van der Waals surface area contributed by atoms with Crippen molar-refractivity contribution in [3.63, 3.8) is 0 Å². The SMILES string of the molecule is FC(F)(F)c1ccc(NN=Cc2ccccc2OCc2ccc(Cl)c(Cl)c2)cc1. The average molecular weight is 439 g/mol. The van der Waals surface area contributed by atoms with Crippen molar-refractivity contribution in [3.05, 3.63) is 93.5 Å². The van der Waals surface area contributed by atoms with E-state index < -0.39 is 11.7 Å². The fraction of sp³-hybridized carbons (Fsp3) is 0.0952. The molecule has 3 nitrogen and oxygen atoms in total. The minimum atomic E-state index is -4.37. The van der Waals surface area contributed by atoms with Crippen molar-refractivity contribution in [2.45, 2.75) is 12.8 Å². The second-order valence-corrected chi connectivity index (χ2v) is 6.83. The highest BCUT2D eigenvalue weighted by Crippen LogP contribution is 2.30. The number of hydrogen-bond donors (Lipinski definition) is 1. The lowest BCUT2D eigenvalue weighted by Crippen LogP contribution is -2.04. The molecule has 8 heteroatoms. The summed E-state index contributed by atoms with van der Waals surface area (Å²) in [5.41, 5.74) is 3.98. The highest BCUT2D eigenvalue weighted by Gasteiger charge is 2.29. The number of para-hydroxylation sites is 1. The lowest BCUT2D eigenvalue weighted by molar-refractivity contribution is -0.137. The molecule has 0 aliphatic carbocycles. The molecule has 29 heavy (non-hydrogen) atoms. The zero-order valence-electron chi connectivity index (χ0n) is 14.9. The first-order chi connectivity index (χ1) is 13.8. The average Bonchev–Trinajstić information content (AvgIpc) is 2.69. The zero-order chi connectivity index (χ0) is 20.9. The fourth-order valence-electron chi connectivity index (χ4n) is 2.42. The molecule has 0 saturated heterocycles. The number of nitrogens with zero attached hydrogens (tertiary/aromatic N) is 1. The van der Waals surface area contributed by atoms with E-state index in [4.69, 9.17) is 27.9 Å². The van der Waals surface area contributed by atoms with E-state index in [1.807, 2.05) is 24.3 Å². The topological polar surface area (TPSA) is 33.6 Å². The summed E-state index contributed by atoms with van der Waals surface area (Å²) >= 11 is 11.9. The Morgan fingerprint density at radius 2 is 1.66 bits per heavy atom. The van der Waals surface area contributed by atoms with Gasteiger partial charge in [-0.05, 0) is 54.1 Å². The quantitative estimate of drug-likeness (QED) is 0.330. The molecule has 0 radical (unpaired) electrons. The molecule has 150 valence electrons. The van der Waals surface area contributed by atoms with Crippen LogP contribution in [-0.4, -0.2) is 6.21 Å². The summed E-state index contributed by atoms with van der Waals surface area (Å²) in [7, 11) is 0. The number of halogens is 5. The van der Waals surface area contributed by atoms with Crippen molar-refractivity contribution < 1.29 is 17.9 Å². The number of hydrazone groups is 1. The van der Waals surface area contributed by atoms with Crippen LogP contribution in [0.4, 0.5) is 18.9 Å². The van der Waals surface area contributed by atoms with Crippen LogP contribution in [0, 0.1) is 0 Å². The van der Waals surface area contributed by atoms with Crippen LogP contribution in [0.2, 0.25) is 10.0 Å². The molecule has 0 aromatic heterocycles. The van der Waals surface area contributed by atoms with Gasteiger partial charge in [0, 0.05) is 5.56 Å². The third-order valence-corrected chi connectivity index (χ3v) is 4.65. The highest BCUT2D eigenvalue weighted by molar-refractivity contribution is 6.42. The smallest absolute Gasteiger partial charge is 0.416 e. The molecule has 3 aromatic carbocycles. The van der Waals surface area contributed by atoms with Crippen molar-refractivity contribution >= 4 is 35.1 Å². The number of alkyl halides is 3. The van der Waals surface area contributed by atoms with Crippen LogP contribution in [0.25, 0.3) is 0 Å². The van der Waals surface area contributed by atoms with Gasteiger partial charge in [-0.3, -0.25) is 5.43 Å². The van der Waals surface area contributed by atoms with E-state index >= 15 is 0 Å². The van der Waals surface area contributed by atoms with Gasteiger partial charge in [-0.1, -0.05) is 41.4 Å². The molecular weight excluding hydrogens is 424 g/mol. The Hall–Kier alpha value is -2.70. The van der Waals surface area contributed by atoms with Crippen molar-refractivity contribution in [1.82, 2.24) is 0 Å². The van der Waals surface area contributed by atoms with Gasteiger partial charge in [0.25, 0.3) is 0 Å². The summed E-state index contributed by atoms with van der Waals surface area (Å²) in [6.45, 7) is 0.286. The van der Waals surface area contributed by atoms with Crippen LogP contribution >= 0.6 is 23.2 Å². The molecule has 0 fully saturated rings. The van der Waals surface area contributed by atoms with Gasteiger partial charge in [0.05, 0.1) is 27.5 Å². The third kappa shape index (κ3) is 5.89. The maximum absolute atomic E-state index is 12.6. The van der Waals surface area contributed by atoms with Crippen LogP contribution in [0.15, 0.2) is 71.8 Å². The van der Waals surface area contributed by atoms with E-state index in [0.717, 1.165) is 17.7 Å². The van der Waals surface area contributed by atoms with Gasteiger partial charge >= 0.3 is 6.18 Å². The van der Waals surface area contributed by atoms with Crippen LogP contribution in [0.3, 0.4) is 0 Å². The molecule has 0 atom stereocenters. The van der Waals surface area contributed by atoms with Gasteiger partial charge in [0.1, 0.15) is 12.4 Å². The van der Waals surface area contributed by atoms with Gasteiger partial charge in [-0.2, -0.15) is 18.3 Å². The summed E-state index contributed by atoms with van der Waals surface area (Å²) in [6, 6.07) is 17.1. The summed E-state index contributed by atoms with van der Waals surface area (Å²) in [5, 5.41) is 4.99. The molecule has 0 aliphatic rings. The maximum atomic E-state index is 12.6. The molecule has 0 aliphatic heterocycles. The second kappa shape index (κ2) is 9.20. The first-order valence-electron chi connectivity index (χ1n) is 8.45. The first-order valence-corrected chi connectivity index (χ1v) is 9.20. The number of rotatable bonds is 6.